The Bertz CT molecular complexity index is 220. The molecule has 0 saturated carbocycles. The number of aryl methyl sites for hydroxylation is 1. The van der Waals surface area contributed by atoms with E-state index in [0.717, 1.165) is 0 Å². The van der Waals surface area contributed by atoms with Gasteiger partial charge in [-0.1, -0.05) is 12.7 Å². The van der Waals surface area contributed by atoms with Crippen LogP contribution in [0.15, 0.2) is 25.0 Å². The monoisotopic (exact) mass is 155 g/mol. The van der Waals surface area contributed by atoms with Crippen LogP contribution in [-0.2, 0) is 0 Å². The van der Waals surface area contributed by atoms with Gasteiger partial charge in [-0.3, -0.25) is 0 Å². The molecule has 0 amide bonds. The summed E-state index contributed by atoms with van der Waals surface area (Å²) in [4.78, 5) is 2.99. The van der Waals surface area contributed by atoms with Gasteiger partial charge in [0.2, 0.25) is 0 Å². The molecule has 0 spiro atoms. The summed E-state index contributed by atoms with van der Waals surface area (Å²) in [6, 6.07) is 2.00. The van der Waals surface area contributed by atoms with E-state index in [1.807, 2.05) is 31.5 Å². The maximum Gasteiger partial charge on any atom is 0.170 e. The number of halogens is 1. The minimum Gasteiger partial charge on any atom is -1.00 e. The van der Waals surface area contributed by atoms with Gasteiger partial charge in [0.1, 0.15) is 0 Å². The fourth-order valence-electron chi connectivity index (χ4n) is 0.755. The molecule has 0 unspecified atom stereocenters. The SMILES string of the molecule is C=Cc1cc[nH+]cc1C.[Cl-]. The first-order valence-corrected chi connectivity index (χ1v) is 2.93. The van der Waals surface area contributed by atoms with Crippen molar-refractivity contribution in [3.8, 4) is 0 Å². The highest BCUT2D eigenvalue weighted by atomic mass is 35.5. The second-order valence-electron chi connectivity index (χ2n) is 1.99. The first-order valence-electron chi connectivity index (χ1n) is 2.93. The molecule has 1 heterocycles. The third kappa shape index (κ3) is 1.85. The standard InChI is InChI=1S/C8H9N.ClH/c1-3-8-4-5-9-6-7(8)2;/h3-6H,1H2,2H3;1H. The molecule has 54 valence electrons. The van der Waals surface area contributed by atoms with Crippen LogP contribution in [0.1, 0.15) is 11.1 Å². The number of rotatable bonds is 1. The molecule has 2 heteroatoms. The van der Waals surface area contributed by atoms with Gasteiger partial charge in [-0.05, 0) is 12.5 Å². The minimum absolute atomic E-state index is 0. The van der Waals surface area contributed by atoms with Gasteiger partial charge in [0.25, 0.3) is 0 Å². The molecule has 10 heavy (non-hydrogen) atoms. The topological polar surface area (TPSA) is 14.1 Å². The maximum absolute atomic E-state index is 3.68. The van der Waals surface area contributed by atoms with Crippen LogP contribution in [0.25, 0.3) is 6.08 Å². The summed E-state index contributed by atoms with van der Waals surface area (Å²) in [6.45, 7) is 5.73. The summed E-state index contributed by atoms with van der Waals surface area (Å²) in [5.74, 6) is 0. The van der Waals surface area contributed by atoms with Crippen LogP contribution >= 0.6 is 0 Å². The Balaban J connectivity index is 0.000000810. The molecule has 0 fully saturated rings. The molecule has 0 radical (unpaired) electrons. The predicted octanol–water partition coefficient (Wildman–Crippen LogP) is -1.54. The fraction of sp³-hybridized carbons (Fsp3) is 0.125. The zero-order valence-electron chi connectivity index (χ0n) is 5.89. The van der Waals surface area contributed by atoms with E-state index in [0.29, 0.717) is 0 Å². The van der Waals surface area contributed by atoms with Crippen molar-refractivity contribution in [3.05, 3.63) is 36.2 Å². The Morgan fingerprint density at radius 1 is 1.60 bits per heavy atom. The van der Waals surface area contributed by atoms with E-state index < -0.39 is 0 Å². The summed E-state index contributed by atoms with van der Waals surface area (Å²) < 4.78 is 0. The van der Waals surface area contributed by atoms with Gasteiger partial charge in [0.15, 0.2) is 12.4 Å². The Kier molecular flexibility index (Phi) is 3.74. The molecule has 0 aliphatic rings. The third-order valence-electron chi connectivity index (χ3n) is 1.33. The van der Waals surface area contributed by atoms with Crippen LogP contribution in [0.4, 0.5) is 0 Å². The van der Waals surface area contributed by atoms with E-state index in [-0.39, 0.29) is 12.4 Å². The van der Waals surface area contributed by atoms with Crippen LogP contribution in [0.5, 0.6) is 0 Å². The average Bonchev–Trinajstić information content (AvgIpc) is 1.89. The van der Waals surface area contributed by atoms with Crippen molar-refractivity contribution in [1.29, 1.82) is 0 Å². The number of aromatic amines is 1. The van der Waals surface area contributed by atoms with E-state index in [9.17, 15) is 0 Å². The first-order chi connectivity index (χ1) is 4.34. The molecule has 0 saturated heterocycles. The third-order valence-corrected chi connectivity index (χ3v) is 1.33. The van der Waals surface area contributed by atoms with Crippen molar-refractivity contribution in [2.45, 2.75) is 6.92 Å². The normalized spacial score (nSPS) is 8.10. The summed E-state index contributed by atoms with van der Waals surface area (Å²) in [6.07, 6.45) is 5.70. The fourth-order valence-corrected chi connectivity index (χ4v) is 0.755. The predicted molar refractivity (Wildman–Crippen MR) is 37.8 cm³/mol. The number of nitrogens with one attached hydrogen (secondary N) is 1. The summed E-state index contributed by atoms with van der Waals surface area (Å²) >= 11 is 0. The molecular weight excluding hydrogens is 146 g/mol. The van der Waals surface area contributed by atoms with Crippen LogP contribution in [0.2, 0.25) is 0 Å². The highest BCUT2D eigenvalue weighted by molar-refractivity contribution is 5.49. The van der Waals surface area contributed by atoms with E-state index in [2.05, 4.69) is 11.6 Å². The number of hydrogen-bond donors (Lipinski definition) is 0. The van der Waals surface area contributed by atoms with Crippen molar-refractivity contribution in [2.24, 2.45) is 0 Å². The second-order valence-corrected chi connectivity index (χ2v) is 1.99. The number of pyridine rings is 1. The van der Waals surface area contributed by atoms with Crippen molar-refractivity contribution < 1.29 is 17.4 Å². The van der Waals surface area contributed by atoms with Crippen molar-refractivity contribution in [3.63, 3.8) is 0 Å². The highest BCUT2D eigenvalue weighted by Gasteiger charge is 1.92. The van der Waals surface area contributed by atoms with Gasteiger partial charge in [-0.2, -0.15) is 0 Å². The Morgan fingerprint density at radius 3 is 2.70 bits per heavy atom. The van der Waals surface area contributed by atoms with Crippen LogP contribution in [0.3, 0.4) is 0 Å². The van der Waals surface area contributed by atoms with Gasteiger partial charge in [-0.15, -0.1) is 0 Å². The molecular formula is C8H10ClN. The second kappa shape index (κ2) is 4.07. The lowest BCUT2D eigenvalue weighted by Crippen LogP contribution is -3.00. The Hall–Kier alpha value is -0.820. The number of aromatic nitrogens is 1. The van der Waals surface area contributed by atoms with Crippen molar-refractivity contribution in [1.82, 2.24) is 0 Å². The minimum atomic E-state index is 0. The van der Waals surface area contributed by atoms with E-state index in [1.165, 1.54) is 11.1 Å². The number of H-pyrrole nitrogens is 1. The largest absolute Gasteiger partial charge is 1.00 e. The molecule has 1 aromatic heterocycles. The highest BCUT2D eigenvalue weighted by Crippen LogP contribution is 2.02. The summed E-state index contributed by atoms with van der Waals surface area (Å²) in [5.41, 5.74) is 2.42. The molecule has 1 rings (SSSR count). The average molecular weight is 156 g/mol. The Morgan fingerprint density at radius 2 is 2.30 bits per heavy atom. The quantitative estimate of drug-likeness (QED) is 0.467. The lowest BCUT2D eigenvalue weighted by atomic mass is 10.2. The van der Waals surface area contributed by atoms with Crippen LogP contribution < -0.4 is 17.4 Å². The van der Waals surface area contributed by atoms with E-state index in [1.54, 1.807) is 0 Å². The van der Waals surface area contributed by atoms with Gasteiger partial charge >= 0.3 is 0 Å². The maximum atomic E-state index is 3.68. The molecule has 1 nitrogen and oxygen atoms in total. The lowest BCUT2D eigenvalue weighted by Gasteiger charge is -1.90. The molecule has 1 aromatic rings. The van der Waals surface area contributed by atoms with Gasteiger partial charge in [-0.25, -0.2) is 4.98 Å². The van der Waals surface area contributed by atoms with Crippen molar-refractivity contribution >= 4 is 6.08 Å². The first kappa shape index (κ1) is 9.18. The van der Waals surface area contributed by atoms with Gasteiger partial charge in [0, 0.05) is 11.6 Å². The molecule has 0 aromatic carbocycles. The smallest absolute Gasteiger partial charge is 0.170 e. The molecule has 1 N–H and O–H groups in total. The molecule has 0 atom stereocenters. The zero-order valence-corrected chi connectivity index (χ0v) is 6.65. The van der Waals surface area contributed by atoms with Gasteiger partial charge < -0.3 is 12.4 Å². The molecule has 0 aliphatic carbocycles. The zero-order chi connectivity index (χ0) is 6.69. The van der Waals surface area contributed by atoms with Crippen molar-refractivity contribution in [2.75, 3.05) is 0 Å². The molecule has 0 aliphatic heterocycles. The van der Waals surface area contributed by atoms with E-state index in [4.69, 9.17) is 0 Å². The summed E-state index contributed by atoms with van der Waals surface area (Å²) in [7, 11) is 0. The van der Waals surface area contributed by atoms with E-state index >= 15 is 0 Å². The van der Waals surface area contributed by atoms with Crippen LogP contribution in [0, 0.1) is 6.92 Å². The summed E-state index contributed by atoms with van der Waals surface area (Å²) in [5, 5.41) is 0. The lowest BCUT2D eigenvalue weighted by molar-refractivity contribution is -0.378. The Labute approximate surface area is 67.2 Å². The number of hydrogen-bond acceptors (Lipinski definition) is 0. The molecule has 0 bridgehead atoms. The van der Waals surface area contributed by atoms with Crippen LogP contribution in [-0.4, -0.2) is 0 Å². The van der Waals surface area contributed by atoms with Gasteiger partial charge in [0.05, 0.1) is 0 Å².